The Balaban J connectivity index is 0.960. The van der Waals surface area contributed by atoms with E-state index in [2.05, 4.69) is 51.5 Å². The van der Waals surface area contributed by atoms with Crippen molar-refractivity contribution in [1.82, 2.24) is 44.6 Å². The molecule has 1 saturated heterocycles. The van der Waals surface area contributed by atoms with Gasteiger partial charge in [0.1, 0.15) is 49.1 Å². The number of piperazine rings is 1. The van der Waals surface area contributed by atoms with Crippen LogP contribution in [0, 0.1) is 0 Å². The van der Waals surface area contributed by atoms with E-state index in [9.17, 15) is 9.11 Å². The number of pyridine rings is 2. The maximum atomic E-state index is 14.7. The first-order valence-electron chi connectivity index (χ1n) is 20.5. The first kappa shape index (κ1) is 41.3. The number of aromatic nitrogens is 8. The molecule has 4 atom stereocenters. The molecule has 0 spiro atoms. The zero-order chi connectivity index (χ0) is 42.6. The van der Waals surface area contributed by atoms with Crippen molar-refractivity contribution in [2.45, 2.75) is 52.2 Å². The van der Waals surface area contributed by atoms with Gasteiger partial charge in [0.05, 0.1) is 22.7 Å². The molecule has 0 bridgehead atoms. The number of nitrogens with zero attached hydrogens (tertiary/aromatic N) is 10. The van der Waals surface area contributed by atoms with Crippen LogP contribution in [0.4, 0.5) is 17.3 Å². The quantitative estimate of drug-likeness (QED) is 0.113. The number of rotatable bonds is 12. The van der Waals surface area contributed by atoms with E-state index in [1.54, 1.807) is 6.33 Å². The van der Waals surface area contributed by atoms with Gasteiger partial charge < -0.3 is 34.9 Å². The van der Waals surface area contributed by atoms with E-state index in [1.165, 1.54) is 34.0 Å². The Labute approximate surface area is 376 Å². The summed E-state index contributed by atoms with van der Waals surface area (Å²) in [5.41, 5.74) is 20.5. The van der Waals surface area contributed by atoms with Crippen molar-refractivity contribution in [2.75, 3.05) is 55.3 Å². The van der Waals surface area contributed by atoms with Gasteiger partial charge in [0.15, 0.2) is 5.82 Å². The van der Waals surface area contributed by atoms with Crippen molar-refractivity contribution in [2.24, 2.45) is 7.05 Å². The standard InChI is InChI=1S/C43H44N12O2S5/c1-4-5-17-61(56)41-35(44)34-28(37-52-48-23-54(37)3)19-30(50-40(34)59-41)38-51-31(22-58-38)26-11-12-32(26)62(57)42-36(45)33-27(24-9-7-6-8-10-24)18-29(49-39(33)60-42)25-20-46-43(47-21-25)55-15-13-53(2)14-16-55/h6-10,18-23,26,32H,4-5,11-17,44-45H2,1-3H3/t26?,32?,61-,62?/m1/s1. The zero-order valence-corrected chi connectivity index (χ0v) is 38.4. The summed E-state index contributed by atoms with van der Waals surface area (Å²) in [6, 6.07) is 14.1. The Bertz CT molecular complexity index is 2890. The van der Waals surface area contributed by atoms with E-state index in [-0.39, 0.29) is 11.2 Å². The Morgan fingerprint density at radius 2 is 1.52 bits per heavy atom. The summed E-state index contributed by atoms with van der Waals surface area (Å²) in [4.78, 5) is 30.7. The number of fused-ring (bicyclic) bond motifs is 2. The summed E-state index contributed by atoms with van der Waals surface area (Å²) in [6.45, 7) is 5.79. The second kappa shape index (κ2) is 17.1. The van der Waals surface area contributed by atoms with Crippen LogP contribution in [0.2, 0.25) is 0 Å². The molecule has 10 rings (SSSR count). The average molecular weight is 921 g/mol. The highest BCUT2D eigenvalue weighted by atomic mass is 32.2. The van der Waals surface area contributed by atoms with Crippen LogP contribution in [0.15, 0.2) is 75.0 Å². The second-order valence-corrected chi connectivity index (χ2v) is 22.3. The lowest BCUT2D eigenvalue weighted by Gasteiger charge is -2.35. The fraction of sp³-hybridized carbons (Fsp3) is 0.326. The van der Waals surface area contributed by atoms with E-state index < -0.39 is 22.4 Å². The molecule has 8 aromatic rings. The molecule has 3 unspecified atom stereocenters. The lowest BCUT2D eigenvalue weighted by atomic mass is 9.82. The van der Waals surface area contributed by atoms with Crippen LogP contribution >= 0.6 is 34.0 Å². The van der Waals surface area contributed by atoms with Gasteiger partial charge in [-0.3, -0.25) is 0 Å². The lowest BCUT2D eigenvalue weighted by molar-refractivity contribution is 0.311. The molecule has 1 aromatic carbocycles. The highest BCUT2D eigenvalue weighted by Gasteiger charge is 2.45. The maximum Gasteiger partial charge on any atom is 0.232 e. The lowest BCUT2D eigenvalue weighted by Crippen LogP contribution is -2.45. The molecule has 7 aromatic heterocycles. The van der Waals surface area contributed by atoms with Gasteiger partial charge in [0, 0.05) is 78.7 Å². The molecule has 0 radical (unpaired) electrons. The summed E-state index contributed by atoms with van der Waals surface area (Å²) in [6.07, 6.45) is 8.76. The molecule has 1 saturated carbocycles. The normalized spacial score (nSPS) is 18.1. The minimum absolute atomic E-state index is 0.0227. The Morgan fingerprint density at radius 3 is 2.21 bits per heavy atom. The molecule has 2 fully saturated rings. The Kier molecular flexibility index (Phi) is 11.4. The number of hydrogen-bond acceptors (Lipinski definition) is 16. The molecule has 1 aliphatic heterocycles. The van der Waals surface area contributed by atoms with Crippen molar-refractivity contribution in [3.05, 3.63) is 72.3 Å². The summed E-state index contributed by atoms with van der Waals surface area (Å²) in [5, 5.41) is 12.7. The summed E-state index contributed by atoms with van der Waals surface area (Å²) >= 11 is 1.61. The number of thiophene rings is 2. The number of thiazole rings is 1. The van der Waals surface area contributed by atoms with Gasteiger partial charge in [-0.25, -0.2) is 24.9 Å². The molecular weight excluding hydrogens is 877 g/mol. The first-order valence-corrected chi connectivity index (χ1v) is 25.6. The van der Waals surface area contributed by atoms with Crippen molar-refractivity contribution in [3.8, 4) is 44.5 Å². The minimum atomic E-state index is -1.42. The van der Waals surface area contributed by atoms with E-state index in [0.717, 1.165) is 106 Å². The monoisotopic (exact) mass is 920 g/mol. The second-order valence-electron chi connectivity index (χ2n) is 15.8. The zero-order valence-electron chi connectivity index (χ0n) is 34.4. The van der Waals surface area contributed by atoms with Crippen LogP contribution in [0.25, 0.3) is 64.9 Å². The van der Waals surface area contributed by atoms with Crippen LogP contribution < -0.4 is 16.4 Å². The summed E-state index contributed by atoms with van der Waals surface area (Å²) in [7, 11) is 4.01. The fourth-order valence-electron chi connectivity index (χ4n) is 8.09. The Hall–Kier alpha value is -4.73. The largest absolute Gasteiger partial charge is 0.611 e. The molecule has 4 N–H and O–H groups in total. The van der Waals surface area contributed by atoms with Gasteiger partial charge in [-0.2, -0.15) is 0 Å². The molecule has 19 heteroatoms. The number of unbranched alkanes of at least 4 members (excludes halogenated alkanes) is 1. The van der Waals surface area contributed by atoms with E-state index in [4.69, 9.17) is 36.4 Å². The number of nitrogens with two attached hydrogens (primary N) is 2. The number of benzene rings is 1. The van der Waals surface area contributed by atoms with Crippen molar-refractivity contribution in [3.63, 3.8) is 0 Å². The molecule has 62 heavy (non-hydrogen) atoms. The molecule has 14 nitrogen and oxygen atoms in total. The molecule has 0 amide bonds. The third-order valence-corrected chi connectivity index (χ3v) is 19.0. The number of hydrogen-bond donors (Lipinski definition) is 2. The highest BCUT2D eigenvalue weighted by Crippen LogP contribution is 2.50. The van der Waals surface area contributed by atoms with Gasteiger partial charge >= 0.3 is 0 Å². The van der Waals surface area contributed by atoms with Gasteiger partial charge in [0.2, 0.25) is 14.4 Å². The van der Waals surface area contributed by atoms with E-state index >= 15 is 0 Å². The van der Waals surface area contributed by atoms with Gasteiger partial charge in [-0.05, 0) is 60.7 Å². The predicted octanol–water partition coefficient (Wildman–Crippen LogP) is 7.83. The molecule has 1 aliphatic carbocycles. The minimum Gasteiger partial charge on any atom is -0.611 e. The molecule has 2 aliphatic rings. The van der Waals surface area contributed by atoms with Crippen molar-refractivity contribution in [1.29, 1.82) is 0 Å². The van der Waals surface area contributed by atoms with Gasteiger partial charge in [0.25, 0.3) is 0 Å². The van der Waals surface area contributed by atoms with E-state index in [1.807, 2.05) is 54.3 Å². The fourth-order valence-corrected chi connectivity index (χ4v) is 15.0. The van der Waals surface area contributed by atoms with Crippen LogP contribution in [0.5, 0.6) is 0 Å². The van der Waals surface area contributed by atoms with Crippen molar-refractivity contribution < 1.29 is 9.11 Å². The Morgan fingerprint density at radius 1 is 0.823 bits per heavy atom. The van der Waals surface area contributed by atoms with Gasteiger partial charge in [-0.15, -0.1) is 21.5 Å². The van der Waals surface area contributed by atoms with Gasteiger partial charge in [-0.1, -0.05) is 66.3 Å². The van der Waals surface area contributed by atoms with Crippen LogP contribution in [0.3, 0.4) is 0 Å². The number of anilines is 3. The summed E-state index contributed by atoms with van der Waals surface area (Å²) < 4.78 is 31.1. The topological polar surface area (TPSA) is 200 Å². The number of aryl methyl sites for hydroxylation is 1. The third-order valence-electron chi connectivity index (χ3n) is 11.8. The first-order chi connectivity index (χ1) is 30.2. The van der Waals surface area contributed by atoms with Crippen LogP contribution in [0.1, 0.15) is 44.2 Å². The SMILES string of the molecule is CCCC[S@@+]([O-])c1sc2nc(-c3nc(C4CCC4[S+]([O-])c4sc5nc(-c6cnc(N7CCN(C)CC7)nc6)cc(-c6ccccc6)c5c4N)cs3)cc(-c3nncn3C)c2c1N. The predicted molar refractivity (Wildman–Crippen MR) is 254 cm³/mol. The molecule has 318 valence electrons. The maximum absolute atomic E-state index is 14.7. The summed E-state index contributed by atoms with van der Waals surface area (Å²) in [5.74, 6) is 1.87. The van der Waals surface area contributed by atoms with Crippen LogP contribution in [-0.2, 0) is 29.4 Å². The number of likely N-dealkylation sites (N-methyl/N-ethyl adjacent to an activating group) is 1. The van der Waals surface area contributed by atoms with E-state index in [0.29, 0.717) is 47.8 Å². The third kappa shape index (κ3) is 7.51. The molecule has 8 heterocycles. The number of nitrogen functional groups attached to an aromatic ring is 2. The average Bonchev–Trinajstić information content (AvgIpc) is 4.08. The molecular formula is C43H44N12O2S5. The highest BCUT2D eigenvalue weighted by molar-refractivity contribution is 7.94. The van der Waals surface area contributed by atoms with Crippen LogP contribution in [-0.4, -0.2) is 97.9 Å². The smallest absolute Gasteiger partial charge is 0.232 e. The van der Waals surface area contributed by atoms with Crippen molar-refractivity contribution >= 4 is 94.1 Å².